The monoisotopic (exact) mass is 385 g/mol. The lowest BCUT2D eigenvalue weighted by atomic mass is 10.1. The minimum Gasteiger partial charge on any atom is -0.368 e. The van der Waals surface area contributed by atoms with Gasteiger partial charge in [-0.2, -0.15) is 0 Å². The molecule has 1 fully saturated rings. The van der Waals surface area contributed by atoms with E-state index >= 15 is 0 Å². The summed E-state index contributed by atoms with van der Waals surface area (Å²) in [6.45, 7) is 5.06. The lowest BCUT2D eigenvalue weighted by molar-refractivity contribution is 0.242. The highest BCUT2D eigenvalue weighted by molar-refractivity contribution is 9.10. The molecule has 1 aromatic carbocycles. The van der Waals surface area contributed by atoms with Crippen molar-refractivity contribution in [2.75, 3.05) is 31.1 Å². The van der Waals surface area contributed by atoms with Crippen LogP contribution in [0.4, 0.5) is 5.69 Å². The van der Waals surface area contributed by atoms with E-state index in [0.717, 1.165) is 48.5 Å². The molecule has 0 spiro atoms. The molecular weight excluding hydrogens is 366 g/mol. The number of piperazine rings is 1. The molecule has 0 saturated carbocycles. The third-order valence-electron chi connectivity index (χ3n) is 4.70. The van der Waals surface area contributed by atoms with Gasteiger partial charge in [-0.15, -0.1) is 0 Å². The maximum Gasteiger partial charge on any atom is 0.122 e. The normalized spacial score (nSPS) is 16.0. The first-order chi connectivity index (χ1) is 11.7. The Bertz CT molecular complexity index is 851. The van der Waals surface area contributed by atoms with E-state index in [1.807, 2.05) is 24.7 Å². The predicted octanol–water partition coefficient (Wildman–Crippen LogP) is 3.05. The van der Waals surface area contributed by atoms with Crippen molar-refractivity contribution in [2.45, 2.75) is 6.54 Å². The Kier molecular flexibility index (Phi) is 4.24. The Balaban J connectivity index is 1.50. The summed E-state index contributed by atoms with van der Waals surface area (Å²) in [5.74, 6) is 1.13. The fourth-order valence-electron chi connectivity index (χ4n) is 3.30. The van der Waals surface area contributed by atoms with Crippen LogP contribution >= 0.6 is 15.9 Å². The van der Waals surface area contributed by atoms with Crippen LogP contribution in [0.5, 0.6) is 0 Å². The summed E-state index contributed by atoms with van der Waals surface area (Å²) in [4.78, 5) is 13.9. The predicted molar refractivity (Wildman–Crippen MR) is 100 cm³/mol. The van der Waals surface area contributed by atoms with Gasteiger partial charge in [0.2, 0.25) is 0 Å². The number of rotatable bonds is 3. The van der Waals surface area contributed by atoms with E-state index in [1.165, 1.54) is 11.1 Å². The maximum atomic E-state index is 4.52. The molecule has 3 heterocycles. The van der Waals surface area contributed by atoms with Gasteiger partial charge in [0, 0.05) is 67.4 Å². The van der Waals surface area contributed by atoms with Gasteiger partial charge >= 0.3 is 0 Å². The minimum atomic E-state index is 0.917. The molecule has 0 N–H and O–H groups in total. The number of nitrogens with zero attached hydrogens (tertiary/aromatic N) is 5. The van der Waals surface area contributed by atoms with E-state index in [4.69, 9.17) is 0 Å². The third-order valence-corrected chi connectivity index (χ3v) is 5.34. The van der Waals surface area contributed by atoms with Gasteiger partial charge in [-0.1, -0.05) is 12.1 Å². The Morgan fingerprint density at radius 3 is 2.62 bits per heavy atom. The molecule has 0 bridgehead atoms. The second kappa shape index (κ2) is 6.53. The number of anilines is 1. The maximum absolute atomic E-state index is 4.52. The van der Waals surface area contributed by atoms with Crippen LogP contribution in [0.15, 0.2) is 47.3 Å². The zero-order valence-electron chi connectivity index (χ0n) is 13.7. The number of para-hydroxylation sites is 1. The fraction of sp³-hybridized carbons (Fsp3) is 0.333. The zero-order chi connectivity index (χ0) is 16.5. The minimum absolute atomic E-state index is 0.917. The Hall–Kier alpha value is -1.92. The summed E-state index contributed by atoms with van der Waals surface area (Å²) in [5, 5.41) is 1.21. The molecule has 1 aliphatic rings. The Morgan fingerprint density at radius 1 is 1.04 bits per heavy atom. The van der Waals surface area contributed by atoms with Crippen LogP contribution in [0.3, 0.4) is 0 Å². The molecule has 6 heteroatoms. The van der Waals surface area contributed by atoms with Gasteiger partial charge in [0.05, 0.1) is 12.1 Å². The average Bonchev–Trinajstić information content (AvgIpc) is 3.01. The smallest absolute Gasteiger partial charge is 0.122 e. The van der Waals surface area contributed by atoms with Crippen molar-refractivity contribution in [1.82, 2.24) is 19.4 Å². The Labute approximate surface area is 150 Å². The van der Waals surface area contributed by atoms with E-state index in [1.54, 1.807) is 0 Å². The fourth-order valence-corrected chi connectivity index (χ4v) is 3.77. The summed E-state index contributed by atoms with van der Waals surface area (Å²) >= 11 is 3.61. The second-order valence-electron chi connectivity index (χ2n) is 6.18. The van der Waals surface area contributed by atoms with E-state index in [2.05, 4.69) is 65.5 Å². The number of benzene rings is 1. The van der Waals surface area contributed by atoms with E-state index in [-0.39, 0.29) is 0 Å². The van der Waals surface area contributed by atoms with Crippen LogP contribution in [0.2, 0.25) is 0 Å². The number of pyridine rings is 1. The summed E-state index contributed by atoms with van der Waals surface area (Å²) < 4.78 is 3.15. The van der Waals surface area contributed by atoms with Crippen molar-refractivity contribution >= 4 is 32.5 Å². The third kappa shape index (κ3) is 2.91. The quantitative estimate of drug-likeness (QED) is 0.694. The van der Waals surface area contributed by atoms with E-state index < -0.39 is 0 Å². The van der Waals surface area contributed by atoms with E-state index in [0.29, 0.717) is 0 Å². The summed E-state index contributed by atoms with van der Waals surface area (Å²) in [6.07, 6.45) is 5.78. The van der Waals surface area contributed by atoms with Crippen LogP contribution < -0.4 is 4.90 Å². The van der Waals surface area contributed by atoms with Crippen LogP contribution in [-0.4, -0.2) is 45.6 Å². The van der Waals surface area contributed by atoms with Crippen molar-refractivity contribution in [2.24, 2.45) is 7.05 Å². The van der Waals surface area contributed by atoms with Gasteiger partial charge in [0.15, 0.2) is 0 Å². The molecular formula is C18H20BrN5. The molecule has 0 aliphatic carbocycles. The van der Waals surface area contributed by atoms with Gasteiger partial charge in [-0.3, -0.25) is 9.88 Å². The molecule has 2 aromatic heterocycles. The van der Waals surface area contributed by atoms with Gasteiger partial charge in [0.1, 0.15) is 5.82 Å². The highest BCUT2D eigenvalue weighted by Crippen LogP contribution is 2.30. The number of hydrogen-bond donors (Lipinski definition) is 0. The Morgan fingerprint density at radius 2 is 1.88 bits per heavy atom. The number of aromatic nitrogens is 3. The number of hydrogen-bond acceptors (Lipinski definition) is 4. The largest absolute Gasteiger partial charge is 0.368 e. The average molecular weight is 386 g/mol. The molecule has 1 saturated heterocycles. The van der Waals surface area contributed by atoms with Crippen molar-refractivity contribution < 1.29 is 0 Å². The molecule has 0 unspecified atom stereocenters. The molecule has 1 aliphatic heterocycles. The standard InChI is InChI=1S/C18H20BrN5/c1-22-8-7-20-17(22)13-23-9-11-24(12-10-23)16-5-6-21-18-14(16)3-2-4-15(18)19/h2-8H,9-13H2,1H3. The van der Waals surface area contributed by atoms with Gasteiger partial charge in [0.25, 0.3) is 0 Å². The second-order valence-corrected chi connectivity index (χ2v) is 7.04. The lowest BCUT2D eigenvalue weighted by Crippen LogP contribution is -2.46. The lowest BCUT2D eigenvalue weighted by Gasteiger charge is -2.36. The topological polar surface area (TPSA) is 37.2 Å². The van der Waals surface area contributed by atoms with Crippen molar-refractivity contribution in [3.05, 3.63) is 53.2 Å². The summed E-state index contributed by atoms with van der Waals surface area (Å²) in [7, 11) is 2.06. The van der Waals surface area contributed by atoms with Crippen LogP contribution in [-0.2, 0) is 13.6 Å². The molecule has 3 aromatic rings. The highest BCUT2D eigenvalue weighted by atomic mass is 79.9. The first-order valence-corrected chi connectivity index (χ1v) is 8.98. The van der Waals surface area contributed by atoms with E-state index in [9.17, 15) is 0 Å². The van der Waals surface area contributed by atoms with Crippen LogP contribution in [0, 0.1) is 0 Å². The van der Waals surface area contributed by atoms with Crippen LogP contribution in [0.25, 0.3) is 10.9 Å². The SMILES string of the molecule is Cn1ccnc1CN1CCN(c2ccnc3c(Br)cccc23)CC1. The number of halogens is 1. The molecule has 24 heavy (non-hydrogen) atoms. The van der Waals surface area contributed by atoms with Crippen molar-refractivity contribution in [3.63, 3.8) is 0 Å². The molecule has 0 amide bonds. The van der Waals surface area contributed by atoms with Gasteiger partial charge in [-0.05, 0) is 28.1 Å². The summed E-state index contributed by atoms with van der Waals surface area (Å²) in [6, 6.07) is 8.41. The van der Waals surface area contributed by atoms with Crippen molar-refractivity contribution in [3.8, 4) is 0 Å². The van der Waals surface area contributed by atoms with Crippen LogP contribution in [0.1, 0.15) is 5.82 Å². The molecule has 5 nitrogen and oxygen atoms in total. The number of imidazole rings is 1. The first-order valence-electron chi connectivity index (χ1n) is 8.19. The number of aryl methyl sites for hydroxylation is 1. The van der Waals surface area contributed by atoms with Crippen molar-refractivity contribution in [1.29, 1.82) is 0 Å². The number of fused-ring (bicyclic) bond motifs is 1. The molecule has 0 atom stereocenters. The summed E-state index contributed by atoms with van der Waals surface area (Å²) in [5.41, 5.74) is 2.31. The molecule has 124 valence electrons. The van der Waals surface area contributed by atoms with Gasteiger partial charge < -0.3 is 9.47 Å². The molecule has 4 rings (SSSR count). The molecule has 0 radical (unpaired) electrons. The zero-order valence-corrected chi connectivity index (χ0v) is 15.3. The van der Waals surface area contributed by atoms with Gasteiger partial charge in [-0.25, -0.2) is 4.98 Å². The highest BCUT2D eigenvalue weighted by Gasteiger charge is 2.20. The first kappa shape index (κ1) is 15.6.